The largest absolute Gasteiger partial charge is 0.334 e. The summed E-state index contributed by atoms with van der Waals surface area (Å²) < 4.78 is 0. The molecule has 0 aromatic carbocycles. The smallest absolute Gasteiger partial charge is 0.246 e. The first-order valence-corrected chi connectivity index (χ1v) is 4.77. The number of carbonyl (C=O) groups excluding carboxylic acids is 1. The van der Waals surface area contributed by atoms with E-state index in [9.17, 15) is 4.79 Å². The Balaban J connectivity index is 2.59. The maximum atomic E-state index is 11.6. The number of amides is 1. The van der Waals surface area contributed by atoms with Crippen molar-refractivity contribution in [2.24, 2.45) is 0 Å². The molecule has 1 rings (SSSR count). The van der Waals surface area contributed by atoms with Crippen molar-refractivity contribution in [3.8, 4) is 0 Å². The first-order valence-electron chi connectivity index (χ1n) is 4.77. The van der Waals surface area contributed by atoms with E-state index >= 15 is 0 Å². The van der Waals surface area contributed by atoms with Gasteiger partial charge in [0.25, 0.3) is 0 Å². The van der Waals surface area contributed by atoms with Gasteiger partial charge in [-0.15, -0.1) is 0 Å². The van der Waals surface area contributed by atoms with Crippen LogP contribution < -0.4 is 5.32 Å². The van der Waals surface area contributed by atoms with Crippen LogP contribution >= 0.6 is 0 Å². The van der Waals surface area contributed by atoms with Crippen molar-refractivity contribution in [1.82, 2.24) is 10.2 Å². The molecule has 0 saturated carbocycles. The fourth-order valence-corrected chi connectivity index (χ4v) is 1.50. The second-order valence-corrected chi connectivity index (χ2v) is 3.81. The zero-order valence-electron chi connectivity index (χ0n) is 8.63. The summed E-state index contributed by atoms with van der Waals surface area (Å²) in [5.41, 5.74) is 1.07. The molecule has 0 aliphatic carbocycles. The topological polar surface area (TPSA) is 32.3 Å². The normalized spacial score (nSPS) is 22.7. The Morgan fingerprint density at radius 2 is 2.23 bits per heavy atom. The number of allylic oxidation sites excluding steroid dienone is 1. The number of hydrogen-bond acceptors (Lipinski definition) is 2. The molecule has 1 heterocycles. The van der Waals surface area contributed by atoms with Gasteiger partial charge in [0, 0.05) is 31.8 Å². The van der Waals surface area contributed by atoms with Gasteiger partial charge in [-0.1, -0.05) is 5.57 Å². The summed E-state index contributed by atoms with van der Waals surface area (Å²) in [6.07, 6.45) is 1.71. The van der Waals surface area contributed by atoms with E-state index in [0.717, 1.165) is 25.2 Å². The van der Waals surface area contributed by atoms with E-state index in [0.29, 0.717) is 6.04 Å². The minimum atomic E-state index is 0.147. The van der Waals surface area contributed by atoms with Gasteiger partial charge in [-0.25, -0.2) is 0 Å². The van der Waals surface area contributed by atoms with Crippen molar-refractivity contribution in [2.75, 3.05) is 19.6 Å². The summed E-state index contributed by atoms with van der Waals surface area (Å²) >= 11 is 0. The first kappa shape index (κ1) is 10.3. The van der Waals surface area contributed by atoms with Gasteiger partial charge >= 0.3 is 0 Å². The molecule has 74 valence electrons. The molecule has 0 radical (unpaired) electrons. The summed E-state index contributed by atoms with van der Waals surface area (Å²) in [6, 6.07) is 0.317. The maximum absolute atomic E-state index is 11.6. The molecule has 1 fully saturated rings. The zero-order valence-corrected chi connectivity index (χ0v) is 8.63. The molecule has 1 aliphatic rings. The van der Waals surface area contributed by atoms with E-state index in [-0.39, 0.29) is 5.91 Å². The van der Waals surface area contributed by atoms with Crippen LogP contribution in [0.1, 0.15) is 20.8 Å². The summed E-state index contributed by atoms with van der Waals surface area (Å²) in [6.45, 7) is 8.61. The van der Waals surface area contributed by atoms with Crippen LogP contribution in [0.2, 0.25) is 0 Å². The Kier molecular flexibility index (Phi) is 3.48. The highest BCUT2D eigenvalue weighted by Crippen LogP contribution is 2.04. The van der Waals surface area contributed by atoms with Crippen molar-refractivity contribution in [2.45, 2.75) is 26.8 Å². The summed E-state index contributed by atoms with van der Waals surface area (Å²) in [5.74, 6) is 0.147. The van der Waals surface area contributed by atoms with Crippen LogP contribution in [-0.2, 0) is 4.79 Å². The van der Waals surface area contributed by atoms with Gasteiger partial charge < -0.3 is 10.2 Å². The van der Waals surface area contributed by atoms with Crippen molar-refractivity contribution in [1.29, 1.82) is 0 Å². The van der Waals surface area contributed by atoms with Crippen molar-refractivity contribution in [3.63, 3.8) is 0 Å². The Morgan fingerprint density at radius 3 is 2.77 bits per heavy atom. The summed E-state index contributed by atoms with van der Waals surface area (Å²) in [4.78, 5) is 13.6. The van der Waals surface area contributed by atoms with Crippen LogP contribution in [0.15, 0.2) is 11.6 Å². The average Bonchev–Trinajstić information content (AvgIpc) is 2.03. The number of nitrogens with one attached hydrogen (secondary N) is 1. The Hall–Kier alpha value is -0.830. The average molecular weight is 182 g/mol. The summed E-state index contributed by atoms with van der Waals surface area (Å²) in [5, 5.41) is 3.26. The van der Waals surface area contributed by atoms with E-state index < -0.39 is 0 Å². The van der Waals surface area contributed by atoms with E-state index in [4.69, 9.17) is 0 Å². The van der Waals surface area contributed by atoms with Gasteiger partial charge in [-0.3, -0.25) is 4.79 Å². The molecule has 0 spiro atoms. The van der Waals surface area contributed by atoms with Crippen molar-refractivity contribution < 1.29 is 4.79 Å². The van der Waals surface area contributed by atoms with E-state index in [1.165, 1.54) is 0 Å². The van der Waals surface area contributed by atoms with Crippen molar-refractivity contribution in [3.05, 3.63) is 11.6 Å². The second-order valence-electron chi connectivity index (χ2n) is 3.81. The van der Waals surface area contributed by atoms with Gasteiger partial charge in [0.15, 0.2) is 0 Å². The molecule has 1 N–H and O–H groups in total. The Labute approximate surface area is 79.8 Å². The van der Waals surface area contributed by atoms with Crippen LogP contribution in [0.3, 0.4) is 0 Å². The van der Waals surface area contributed by atoms with Gasteiger partial charge in [0.05, 0.1) is 0 Å². The SMILES string of the molecule is CC(C)=CC(=O)N1CCNCC1C. The Bertz CT molecular complexity index is 219. The van der Waals surface area contributed by atoms with E-state index in [1.807, 2.05) is 18.7 Å². The fourth-order valence-electron chi connectivity index (χ4n) is 1.50. The molecule has 1 atom stereocenters. The fraction of sp³-hybridized carbons (Fsp3) is 0.700. The quantitative estimate of drug-likeness (QED) is 0.608. The number of nitrogens with zero attached hydrogens (tertiary/aromatic N) is 1. The molecule has 0 aromatic rings. The van der Waals surface area contributed by atoms with Gasteiger partial charge in [-0.2, -0.15) is 0 Å². The lowest BCUT2D eigenvalue weighted by Crippen LogP contribution is -2.51. The molecule has 3 heteroatoms. The molecule has 1 saturated heterocycles. The third-order valence-electron chi connectivity index (χ3n) is 2.20. The highest BCUT2D eigenvalue weighted by molar-refractivity contribution is 5.88. The van der Waals surface area contributed by atoms with Crippen LogP contribution in [0, 0.1) is 0 Å². The molecule has 1 unspecified atom stereocenters. The molecule has 1 amide bonds. The second kappa shape index (κ2) is 4.42. The lowest BCUT2D eigenvalue weighted by molar-refractivity contribution is -0.128. The first-order chi connectivity index (χ1) is 6.11. The third-order valence-corrected chi connectivity index (χ3v) is 2.20. The van der Waals surface area contributed by atoms with Crippen LogP contribution in [-0.4, -0.2) is 36.5 Å². The number of piperazine rings is 1. The molecule has 0 bridgehead atoms. The maximum Gasteiger partial charge on any atom is 0.246 e. The van der Waals surface area contributed by atoms with E-state index in [2.05, 4.69) is 12.2 Å². The lowest BCUT2D eigenvalue weighted by atomic mass is 10.2. The highest BCUT2D eigenvalue weighted by atomic mass is 16.2. The monoisotopic (exact) mass is 182 g/mol. The molecule has 0 aromatic heterocycles. The molecular formula is C10H18N2O. The summed E-state index contributed by atoms with van der Waals surface area (Å²) in [7, 11) is 0. The van der Waals surface area contributed by atoms with Crippen LogP contribution in [0.4, 0.5) is 0 Å². The van der Waals surface area contributed by atoms with Crippen LogP contribution in [0.25, 0.3) is 0 Å². The van der Waals surface area contributed by atoms with Gasteiger partial charge in [0.2, 0.25) is 5.91 Å². The molecule has 3 nitrogen and oxygen atoms in total. The molecule has 1 aliphatic heterocycles. The highest BCUT2D eigenvalue weighted by Gasteiger charge is 2.20. The third kappa shape index (κ3) is 2.84. The standard InChI is InChI=1S/C10H18N2O/c1-8(2)6-10(13)12-5-4-11-7-9(12)3/h6,9,11H,4-5,7H2,1-3H3. The van der Waals surface area contributed by atoms with Gasteiger partial charge in [0.1, 0.15) is 0 Å². The number of carbonyl (C=O) groups is 1. The minimum Gasteiger partial charge on any atom is -0.334 e. The number of hydrogen-bond donors (Lipinski definition) is 1. The minimum absolute atomic E-state index is 0.147. The van der Waals surface area contributed by atoms with Crippen LogP contribution in [0.5, 0.6) is 0 Å². The molecular weight excluding hydrogens is 164 g/mol. The van der Waals surface area contributed by atoms with Crippen molar-refractivity contribution >= 4 is 5.91 Å². The predicted octanol–water partition coefficient (Wildman–Crippen LogP) is 0.773. The Morgan fingerprint density at radius 1 is 1.54 bits per heavy atom. The van der Waals surface area contributed by atoms with Gasteiger partial charge in [-0.05, 0) is 20.8 Å². The predicted molar refractivity (Wildman–Crippen MR) is 53.5 cm³/mol. The molecule has 13 heavy (non-hydrogen) atoms. The lowest BCUT2D eigenvalue weighted by Gasteiger charge is -2.33. The zero-order chi connectivity index (χ0) is 9.84. The van der Waals surface area contributed by atoms with E-state index in [1.54, 1.807) is 6.08 Å². The number of rotatable bonds is 1.